The number of morpholine rings is 1. The van der Waals surface area contributed by atoms with Crippen molar-refractivity contribution in [3.8, 4) is 0 Å². The monoisotopic (exact) mass is 358 g/mol. The zero-order valence-corrected chi connectivity index (χ0v) is 13.4. The second-order valence-electron chi connectivity index (χ2n) is 4.37. The van der Waals surface area contributed by atoms with E-state index in [0.717, 1.165) is 0 Å². The summed E-state index contributed by atoms with van der Waals surface area (Å²) in [6.07, 6.45) is 0. The number of rotatable bonds is 2. The number of nitrogens with one attached hydrogen (secondary N) is 1. The predicted octanol–water partition coefficient (Wildman–Crippen LogP) is 1.32. The third-order valence-electron chi connectivity index (χ3n) is 3.12. The van der Waals surface area contributed by atoms with Gasteiger partial charge in [-0.3, -0.25) is 9.59 Å². The Morgan fingerprint density at radius 3 is 2.95 bits per heavy atom. The Balaban J connectivity index is 2.30. The third kappa shape index (κ3) is 3.16. The van der Waals surface area contributed by atoms with Gasteiger partial charge in [-0.05, 0) is 34.1 Å². The van der Waals surface area contributed by atoms with Crippen LogP contribution in [-0.4, -0.2) is 49.6 Å². The molecule has 1 heterocycles. The summed E-state index contributed by atoms with van der Waals surface area (Å²) in [5.41, 5.74) is 0.494. The minimum absolute atomic E-state index is 0.204. The Labute approximate surface area is 131 Å². The van der Waals surface area contributed by atoms with Crippen LogP contribution >= 0.6 is 28.6 Å². The lowest BCUT2D eigenvalue weighted by molar-refractivity contribution is -0.130. The summed E-state index contributed by atoms with van der Waals surface area (Å²) in [6.45, 7) is 1.03. The number of ether oxygens (including phenoxy) is 1. The summed E-state index contributed by atoms with van der Waals surface area (Å²) in [7, 11) is 1.55. The van der Waals surface area contributed by atoms with Crippen molar-refractivity contribution in [2.24, 2.45) is 0 Å². The van der Waals surface area contributed by atoms with Gasteiger partial charge in [0.1, 0.15) is 6.04 Å². The number of carbonyl (C=O) groups excluding carboxylic acids is 2. The highest BCUT2D eigenvalue weighted by atomic mass is 79.9. The van der Waals surface area contributed by atoms with E-state index in [1.54, 1.807) is 25.2 Å². The zero-order valence-electron chi connectivity index (χ0n) is 10.9. The van der Waals surface area contributed by atoms with E-state index in [0.29, 0.717) is 28.1 Å². The van der Waals surface area contributed by atoms with Crippen molar-refractivity contribution in [2.75, 3.05) is 26.8 Å². The van der Waals surface area contributed by atoms with Gasteiger partial charge in [0.2, 0.25) is 5.91 Å². The molecule has 1 aromatic carbocycles. The van der Waals surface area contributed by atoms with Gasteiger partial charge in [0.25, 0.3) is 5.91 Å². The summed E-state index contributed by atoms with van der Waals surface area (Å²) in [5.74, 6) is -0.430. The standard InChI is InChI=1S/C13H15BrN2O3S/c1-15-12(17)11-7-19-5-4-16(11)13(18)9-6-8(20)2-3-10(9)14/h2-3,6,11,20H,4-5,7H2,1H3,(H,15,17). The van der Waals surface area contributed by atoms with Crippen LogP contribution in [0.5, 0.6) is 0 Å². The molecule has 0 radical (unpaired) electrons. The van der Waals surface area contributed by atoms with Gasteiger partial charge in [0, 0.05) is 23.0 Å². The number of thiol groups is 1. The van der Waals surface area contributed by atoms with Gasteiger partial charge >= 0.3 is 0 Å². The summed E-state index contributed by atoms with van der Waals surface area (Å²) in [6, 6.07) is 4.65. The molecule has 0 bridgehead atoms. The molecule has 0 spiro atoms. The summed E-state index contributed by atoms with van der Waals surface area (Å²) in [5, 5.41) is 2.56. The average Bonchev–Trinajstić information content (AvgIpc) is 2.48. The summed E-state index contributed by atoms with van der Waals surface area (Å²) < 4.78 is 5.98. The number of benzene rings is 1. The number of carbonyl (C=O) groups is 2. The van der Waals surface area contributed by atoms with E-state index >= 15 is 0 Å². The van der Waals surface area contributed by atoms with Gasteiger partial charge in [-0.1, -0.05) is 0 Å². The molecule has 0 aliphatic carbocycles. The first kappa shape index (κ1) is 15.3. The fraction of sp³-hybridized carbons (Fsp3) is 0.385. The van der Waals surface area contributed by atoms with Crippen molar-refractivity contribution in [3.05, 3.63) is 28.2 Å². The number of likely N-dealkylation sites (N-methyl/N-ethyl adjacent to an activating group) is 1. The SMILES string of the molecule is CNC(=O)C1COCCN1C(=O)c1cc(S)ccc1Br. The molecule has 20 heavy (non-hydrogen) atoms. The van der Waals surface area contributed by atoms with Crippen LogP contribution in [0.3, 0.4) is 0 Å². The molecule has 1 fully saturated rings. The summed E-state index contributed by atoms with van der Waals surface area (Å²) in [4.78, 5) is 26.7. The molecule has 1 aromatic rings. The van der Waals surface area contributed by atoms with E-state index in [2.05, 4.69) is 33.9 Å². The molecule has 7 heteroatoms. The minimum Gasteiger partial charge on any atom is -0.377 e. The van der Waals surface area contributed by atoms with Gasteiger partial charge in [-0.15, -0.1) is 12.6 Å². The Morgan fingerprint density at radius 1 is 1.50 bits per heavy atom. The normalized spacial score (nSPS) is 18.8. The maximum absolute atomic E-state index is 12.6. The zero-order chi connectivity index (χ0) is 14.7. The molecule has 1 saturated heterocycles. The molecule has 0 aromatic heterocycles. The Hall–Kier alpha value is -1.05. The molecule has 1 aliphatic rings. The van der Waals surface area contributed by atoms with Gasteiger partial charge in [-0.25, -0.2) is 0 Å². The minimum atomic E-state index is -0.600. The fourth-order valence-corrected chi connectivity index (χ4v) is 2.68. The number of hydrogen-bond acceptors (Lipinski definition) is 4. The van der Waals surface area contributed by atoms with Crippen molar-refractivity contribution >= 4 is 40.4 Å². The van der Waals surface area contributed by atoms with E-state index in [-0.39, 0.29) is 18.4 Å². The smallest absolute Gasteiger partial charge is 0.255 e. The van der Waals surface area contributed by atoms with E-state index < -0.39 is 6.04 Å². The van der Waals surface area contributed by atoms with E-state index in [1.807, 2.05) is 0 Å². The van der Waals surface area contributed by atoms with E-state index in [9.17, 15) is 9.59 Å². The molecule has 1 unspecified atom stereocenters. The van der Waals surface area contributed by atoms with Crippen molar-refractivity contribution < 1.29 is 14.3 Å². The fourth-order valence-electron chi connectivity index (χ4n) is 2.06. The quantitative estimate of drug-likeness (QED) is 0.784. The molecule has 2 rings (SSSR count). The Morgan fingerprint density at radius 2 is 2.25 bits per heavy atom. The molecular formula is C13H15BrN2O3S. The van der Waals surface area contributed by atoms with Crippen LogP contribution in [0.25, 0.3) is 0 Å². The van der Waals surface area contributed by atoms with Crippen molar-refractivity contribution in [2.45, 2.75) is 10.9 Å². The molecule has 108 valence electrons. The van der Waals surface area contributed by atoms with Crippen molar-refractivity contribution in [3.63, 3.8) is 0 Å². The van der Waals surface area contributed by atoms with Crippen LogP contribution in [0.15, 0.2) is 27.6 Å². The number of halogens is 1. The third-order valence-corrected chi connectivity index (χ3v) is 4.09. The highest BCUT2D eigenvalue weighted by molar-refractivity contribution is 9.10. The summed E-state index contributed by atoms with van der Waals surface area (Å²) >= 11 is 7.60. The van der Waals surface area contributed by atoms with Crippen LogP contribution in [0.1, 0.15) is 10.4 Å². The molecule has 1 N–H and O–H groups in total. The van der Waals surface area contributed by atoms with Crippen molar-refractivity contribution in [1.29, 1.82) is 0 Å². The molecule has 2 amide bonds. The van der Waals surface area contributed by atoms with Crippen LogP contribution in [0, 0.1) is 0 Å². The first-order valence-electron chi connectivity index (χ1n) is 6.13. The first-order valence-corrected chi connectivity index (χ1v) is 7.37. The van der Waals surface area contributed by atoms with Crippen LogP contribution in [0.2, 0.25) is 0 Å². The van der Waals surface area contributed by atoms with Crippen molar-refractivity contribution in [1.82, 2.24) is 10.2 Å². The molecular weight excluding hydrogens is 344 g/mol. The highest BCUT2D eigenvalue weighted by Gasteiger charge is 2.33. The van der Waals surface area contributed by atoms with Gasteiger partial charge in [0.15, 0.2) is 0 Å². The van der Waals surface area contributed by atoms with E-state index in [4.69, 9.17) is 4.74 Å². The number of nitrogens with zero attached hydrogens (tertiary/aromatic N) is 1. The lowest BCUT2D eigenvalue weighted by Gasteiger charge is -2.34. The maximum atomic E-state index is 12.6. The number of amides is 2. The van der Waals surface area contributed by atoms with Gasteiger partial charge in [-0.2, -0.15) is 0 Å². The van der Waals surface area contributed by atoms with E-state index in [1.165, 1.54) is 4.90 Å². The van der Waals surface area contributed by atoms with Gasteiger partial charge in [0.05, 0.1) is 18.8 Å². The second kappa shape index (κ2) is 6.60. The Kier molecular flexibility index (Phi) is 5.06. The first-order chi connectivity index (χ1) is 9.54. The van der Waals surface area contributed by atoms with Gasteiger partial charge < -0.3 is 15.0 Å². The van der Waals surface area contributed by atoms with Crippen LogP contribution < -0.4 is 5.32 Å². The van der Waals surface area contributed by atoms with Crippen LogP contribution in [0.4, 0.5) is 0 Å². The largest absolute Gasteiger partial charge is 0.377 e. The predicted molar refractivity (Wildman–Crippen MR) is 81.1 cm³/mol. The average molecular weight is 359 g/mol. The lowest BCUT2D eigenvalue weighted by Crippen LogP contribution is -2.55. The maximum Gasteiger partial charge on any atom is 0.255 e. The molecule has 1 aliphatic heterocycles. The molecule has 0 saturated carbocycles. The topological polar surface area (TPSA) is 58.6 Å². The molecule has 5 nitrogen and oxygen atoms in total. The highest BCUT2D eigenvalue weighted by Crippen LogP contribution is 2.23. The second-order valence-corrected chi connectivity index (χ2v) is 5.74. The van der Waals surface area contributed by atoms with Crippen LogP contribution in [-0.2, 0) is 9.53 Å². The lowest BCUT2D eigenvalue weighted by atomic mass is 10.1. The Bertz CT molecular complexity index is 538. The number of hydrogen-bond donors (Lipinski definition) is 2. The molecule has 1 atom stereocenters.